The summed E-state index contributed by atoms with van der Waals surface area (Å²) in [5.41, 5.74) is -0.282. The van der Waals surface area contributed by atoms with E-state index in [2.05, 4.69) is 10.0 Å². The van der Waals surface area contributed by atoms with Gasteiger partial charge in [-0.3, -0.25) is 10.1 Å². The van der Waals surface area contributed by atoms with Crippen LogP contribution in [0.4, 0.5) is 5.69 Å². The van der Waals surface area contributed by atoms with E-state index in [1.54, 1.807) is 7.05 Å². The Bertz CT molecular complexity index is 594. The topological polar surface area (TPSA) is 111 Å². The van der Waals surface area contributed by atoms with Crippen molar-refractivity contribution in [1.29, 1.82) is 0 Å². The zero-order valence-corrected chi connectivity index (χ0v) is 13.5. The van der Waals surface area contributed by atoms with Crippen LogP contribution in [0.3, 0.4) is 0 Å². The summed E-state index contributed by atoms with van der Waals surface area (Å²) in [5.74, 6) is -0.0976. The monoisotopic (exact) mass is 339 g/mol. The maximum atomic E-state index is 12.0. The number of benzene rings is 1. The summed E-state index contributed by atoms with van der Waals surface area (Å²) in [6.07, 6.45) is 0. The summed E-state index contributed by atoms with van der Waals surface area (Å²) in [6, 6.07) is 3.37. The van der Waals surface area contributed by atoms with Gasteiger partial charge >= 0.3 is 5.69 Å². The highest BCUT2D eigenvalue weighted by Crippen LogP contribution is 2.29. The van der Waals surface area contributed by atoms with Gasteiger partial charge in [-0.2, -0.15) is 0 Å². The van der Waals surface area contributed by atoms with Gasteiger partial charge < -0.3 is 10.1 Å². The molecule has 120 valence electrons. The highest BCUT2D eigenvalue weighted by Gasteiger charge is 2.21. The Morgan fingerprint density at radius 3 is 2.52 bits per heavy atom. The third-order valence-electron chi connectivity index (χ3n) is 2.73. The summed E-state index contributed by atoms with van der Waals surface area (Å²) in [4.78, 5) is 10.0. The molecule has 0 spiro atoms. The molecule has 0 saturated carbocycles. The van der Waals surface area contributed by atoms with Crippen LogP contribution >= 0.6 is 12.4 Å². The number of likely N-dealkylation sites (N-methyl/N-ethyl adjacent to an activating group) is 1. The molecule has 0 saturated heterocycles. The van der Waals surface area contributed by atoms with Crippen molar-refractivity contribution < 1.29 is 18.1 Å². The number of hydrogen-bond acceptors (Lipinski definition) is 6. The van der Waals surface area contributed by atoms with Crippen LogP contribution in [0.2, 0.25) is 0 Å². The van der Waals surface area contributed by atoms with Crippen molar-refractivity contribution in [3.05, 3.63) is 28.3 Å². The van der Waals surface area contributed by atoms with Gasteiger partial charge in [0, 0.05) is 24.7 Å². The van der Waals surface area contributed by atoms with Crippen molar-refractivity contribution in [3.63, 3.8) is 0 Å². The first-order chi connectivity index (χ1) is 9.31. The molecule has 21 heavy (non-hydrogen) atoms. The molecule has 1 aromatic carbocycles. The molecule has 0 heterocycles. The minimum Gasteiger partial charge on any atom is -0.490 e. The van der Waals surface area contributed by atoms with Gasteiger partial charge in [0.05, 0.1) is 16.9 Å². The number of methoxy groups -OCH3 is 1. The van der Waals surface area contributed by atoms with Crippen LogP contribution in [0.1, 0.15) is 6.92 Å². The number of nitrogens with zero attached hydrogens (tertiary/aromatic N) is 1. The Morgan fingerprint density at radius 2 is 2.05 bits per heavy atom. The van der Waals surface area contributed by atoms with E-state index in [4.69, 9.17) is 4.74 Å². The molecular formula is C11H18ClN3O5S. The molecular weight excluding hydrogens is 322 g/mol. The third-order valence-corrected chi connectivity index (χ3v) is 4.15. The molecule has 1 rings (SSSR count). The fourth-order valence-corrected chi connectivity index (χ4v) is 2.54. The predicted octanol–water partition coefficient (Wildman–Crippen LogP) is 0.911. The molecule has 0 amide bonds. The standard InChI is InChI=1S/C11H17N3O5S.ClH/c1-8(12-2)7-13-20(17,18)9-4-5-10(14(15)16)11(6-9)19-3;/h4-6,8,12-13H,7H2,1-3H3;1H. The van der Waals surface area contributed by atoms with Gasteiger partial charge in [-0.15, -0.1) is 12.4 Å². The van der Waals surface area contributed by atoms with E-state index in [0.717, 1.165) is 12.1 Å². The molecule has 1 unspecified atom stereocenters. The lowest BCUT2D eigenvalue weighted by molar-refractivity contribution is -0.385. The molecule has 0 fully saturated rings. The number of nitrogens with one attached hydrogen (secondary N) is 2. The number of rotatable bonds is 7. The van der Waals surface area contributed by atoms with E-state index in [9.17, 15) is 18.5 Å². The van der Waals surface area contributed by atoms with Crippen molar-refractivity contribution in [1.82, 2.24) is 10.0 Å². The fourth-order valence-electron chi connectivity index (χ4n) is 1.40. The van der Waals surface area contributed by atoms with E-state index in [1.807, 2.05) is 6.92 Å². The Labute approximate surface area is 129 Å². The summed E-state index contributed by atoms with van der Waals surface area (Å²) < 4.78 is 31.3. The van der Waals surface area contributed by atoms with Gasteiger partial charge in [-0.25, -0.2) is 13.1 Å². The van der Waals surface area contributed by atoms with Crippen LogP contribution in [0.5, 0.6) is 5.75 Å². The summed E-state index contributed by atoms with van der Waals surface area (Å²) in [7, 11) is -0.772. The summed E-state index contributed by atoms with van der Waals surface area (Å²) in [5, 5.41) is 13.6. The SMILES string of the molecule is CNC(C)CNS(=O)(=O)c1ccc([N+](=O)[O-])c(OC)c1.Cl. The summed E-state index contributed by atoms with van der Waals surface area (Å²) >= 11 is 0. The maximum Gasteiger partial charge on any atom is 0.310 e. The van der Waals surface area contributed by atoms with E-state index >= 15 is 0 Å². The molecule has 0 aliphatic heterocycles. The Morgan fingerprint density at radius 1 is 1.43 bits per heavy atom. The average Bonchev–Trinajstić information content (AvgIpc) is 2.43. The number of halogens is 1. The summed E-state index contributed by atoms with van der Waals surface area (Å²) in [6.45, 7) is 2.02. The first kappa shape index (κ1) is 19.6. The maximum absolute atomic E-state index is 12.0. The lowest BCUT2D eigenvalue weighted by Gasteiger charge is -2.12. The van der Waals surface area contributed by atoms with Crippen molar-refractivity contribution >= 4 is 28.1 Å². The highest BCUT2D eigenvalue weighted by atomic mass is 35.5. The molecule has 0 radical (unpaired) electrons. The molecule has 1 atom stereocenters. The van der Waals surface area contributed by atoms with Gasteiger partial charge in [0.25, 0.3) is 0 Å². The minimum absolute atomic E-state index is 0. The van der Waals surface area contributed by atoms with Crippen molar-refractivity contribution in [3.8, 4) is 5.75 Å². The van der Waals surface area contributed by atoms with E-state index in [-0.39, 0.29) is 41.3 Å². The van der Waals surface area contributed by atoms with Crippen LogP contribution in [-0.4, -0.2) is 40.1 Å². The second kappa shape index (κ2) is 8.13. The van der Waals surface area contributed by atoms with Crippen molar-refractivity contribution in [2.75, 3.05) is 20.7 Å². The van der Waals surface area contributed by atoms with Crippen LogP contribution in [0.25, 0.3) is 0 Å². The van der Waals surface area contributed by atoms with Crippen LogP contribution in [0.15, 0.2) is 23.1 Å². The minimum atomic E-state index is -3.73. The quantitative estimate of drug-likeness (QED) is 0.564. The lowest BCUT2D eigenvalue weighted by Crippen LogP contribution is -2.37. The van der Waals surface area contributed by atoms with Gasteiger partial charge in [-0.1, -0.05) is 0 Å². The van der Waals surface area contributed by atoms with Crippen LogP contribution < -0.4 is 14.8 Å². The lowest BCUT2D eigenvalue weighted by atomic mass is 10.3. The third kappa shape index (κ3) is 5.12. The molecule has 2 N–H and O–H groups in total. The Balaban J connectivity index is 0.00000400. The van der Waals surface area contributed by atoms with Crippen molar-refractivity contribution in [2.45, 2.75) is 17.9 Å². The zero-order chi connectivity index (χ0) is 15.3. The van der Waals surface area contributed by atoms with Gasteiger partial charge in [-0.05, 0) is 20.0 Å². The zero-order valence-electron chi connectivity index (χ0n) is 11.8. The smallest absolute Gasteiger partial charge is 0.310 e. The Hall–Kier alpha value is -1.42. The van der Waals surface area contributed by atoms with Gasteiger partial charge in [0.15, 0.2) is 5.75 Å². The normalized spacial score (nSPS) is 12.3. The second-order valence-electron chi connectivity index (χ2n) is 4.13. The highest BCUT2D eigenvalue weighted by molar-refractivity contribution is 7.89. The van der Waals surface area contributed by atoms with E-state index < -0.39 is 14.9 Å². The van der Waals surface area contributed by atoms with E-state index in [1.165, 1.54) is 13.2 Å². The number of sulfonamides is 1. The molecule has 10 heteroatoms. The second-order valence-corrected chi connectivity index (χ2v) is 5.90. The number of hydrogen-bond donors (Lipinski definition) is 2. The van der Waals surface area contributed by atoms with Gasteiger partial charge in [0.2, 0.25) is 10.0 Å². The number of ether oxygens (including phenoxy) is 1. The number of nitro groups is 1. The molecule has 0 aromatic heterocycles. The first-order valence-electron chi connectivity index (χ1n) is 5.81. The van der Waals surface area contributed by atoms with Gasteiger partial charge in [0.1, 0.15) is 0 Å². The van der Waals surface area contributed by atoms with E-state index in [0.29, 0.717) is 0 Å². The Kier molecular flexibility index (Phi) is 7.58. The molecule has 0 bridgehead atoms. The van der Waals surface area contributed by atoms with Crippen LogP contribution in [0, 0.1) is 10.1 Å². The average molecular weight is 340 g/mol. The molecule has 1 aromatic rings. The predicted molar refractivity (Wildman–Crippen MR) is 80.6 cm³/mol. The fraction of sp³-hybridized carbons (Fsp3) is 0.455. The van der Waals surface area contributed by atoms with Crippen molar-refractivity contribution in [2.24, 2.45) is 0 Å². The molecule has 0 aliphatic rings. The van der Waals surface area contributed by atoms with Crippen LogP contribution in [-0.2, 0) is 10.0 Å². The number of nitro benzene ring substituents is 1. The molecule has 0 aliphatic carbocycles. The molecule has 8 nitrogen and oxygen atoms in total. The first-order valence-corrected chi connectivity index (χ1v) is 7.29. The largest absolute Gasteiger partial charge is 0.490 e.